The second-order valence-corrected chi connectivity index (χ2v) is 5.16. The van der Waals surface area contributed by atoms with Crippen LogP contribution in [0.25, 0.3) is 11.3 Å². The predicted molar refractivity (Wildman–Crippen MR) is 83.5 cm³/mol. The fraction of sp³-hybridized carbons (Fsp3) is 0.267. The lowest BCUT2D eigenvalue weighted by Gasteiger charge is -2.08. The fourth-order valence-corrected chi connectivity index (χ4v) is 2.30. The molecule has 0 atom stereocenters. The largest absolute Gasteiger partial charge is 0.497 e. The fourth-order valence-electron chi connectivity index (χ4n) is 1.73. The SMILES string of the molecule is CCOc1cc(-c2ccc(OC)cc2)nc(SCC(=O)O)n1. The number of benzene rings is 1. The molecule has 0 saturated heterocycles. The van der Waals surface area contributed by atoms with E-state index in [9.17, 15) is 4.79 Å². The van der Waals surface area contributed by atoms with Crippen molar-refractivity contribution in [3.63, 3.8) is 0 Å². The van der Waals surface area contributed by atoms with Gasteiger partial charge in [0.15, 0.2) is 5.16 Å². The van der Waals surface area contributed by atoms with Crippen LogP contribution in [-0.4, -0.2) is 40.5 Å². The van der Waals surface area contributed by atoms with Crippen LogP contribution in [0.5, 0.6) is 11.6 Å². The van der Waals surface area contributed by atoms with Crippen LogP contribution in [0.1, 0.15) is 6.92 Å². The number of rotatable bonds is 7. The molecule has 0 spiro atoms. The van der Waals surface area contributed by atoms with Crippen molar-refractivity contribution in [2.45, 2.75) is 12.1 Å². The first-order chi connectivity index (χ1) is 10.6. The maximum Gasteiger partial charge on any atom is 0.313 e. The standard InChI is InChI=1S/C15H16N2O4S/c1-3-21-13-8-12(10-4-6-11(20-2)7-5-10)16-15(17-13)22-9-14(18)19/h4-8H,3,9H2,1-2H3,(H,18,19). The number of hydrogen-bond acceptors (Lipinski definition) is 6. The lowest BCUT2D eigenvalue weighted by Crippen LogP contribution is -2.02. The van der Waals surface area contributed by atoms with Crippen molar-refractivity contribution in [1.82, 2.24) is 9.97 Å². The van der Waals surface area contributed by atoms with Gasteiger partial charge >= 0.3 is 5.97 Å². The molecular formula is C15H16N2O4S. The van der Waals surface area contributed by atoms with Crippen LogP contribution in [0.3, 0.4) is 0 Å². The second kappa shape index (κ2) is 7.65. The van der Waals surface area contributed by atoms with Crippen LogP contribution in [0.2, 0.25) is 0 Å². The molecule has 1 N–H and O–H groups in total. The molecule has 1 heterocycles. The van der Waals surface area contributed by atoms with Gasteiger partial charge in [-0.3, -0.25) is 4.79 Å². The van der Waals surface area contributed by atoms with E-state index in [2.05, 4.69) is 9.97 Å². The molecule has 116 valence electrons. The quantitative estimate of drug-likeness (QED) is 0.620. The molecule has 2 rings (SSSR count). The monoisotopic (exact) mass is 320 g/mol. The van der Waals surface area contributed by atoms with Crippen molar-refractivity contribution >= 4 is 17.7 Å². The minimum Gasteiger partial charge on any atom is -0.497 e. The summed E-state index contributed by atoms with van der Waals surface area (Å²) in [5, 5.41) is 9.14. The van der Waals surface area contributed by atoms with Gasteiger partial charge in [-0.05, 0) is 31.2 Å². The van der Waals surface area contributed by atoms with E-state index >= 15 is 0 Å². The molecule has 0 aliphatic carbocycles. The van der Waals surface area contributed by atoms with Crippen LogP contribution >= 0.6 is 11.8 Å². The van der Waals surface area contributed by atoms with Gasteiger partial charge in [0.1, 0.15) is 5.75 Å². The molecule has 0 amide bonds. The molecular weight excluding hydrogens is 304 g/mol. The van der Waals surface area contributed by atoms with Crippen LogP contribution in [-0.2, 0) is 4.79 Å². The average Bonchev–Trinajstić information content (AvgIpc) is 2.53. The molecule has 0 aliphatic heterocycles. The summed E-state index contributed by atoms with van der Waals surface area (Å²) in [6.45, 7) is 2.33. The molecule has 1 aromatic carbocycles. The van der Waals surface area contributed by atoms with Gasteiger partial charge < -0.3 is 14.6 Å². The zero-order valence-electron chi connectivity index (χ0n) is 12.3. The van der Waals surface area contributed by atoms with Gasteiger partial charge in [0, 0.05) is 11.6 Å². The van der Waals surface area contributed by atoms with Crippen molar-refractivity contribution in [2.75, 3.05) is 19.5 Å². The van der Waals surface area contributed by atoms with Crippen molar-refractivity contribution in [3.8, 4) is 22.9 Å². The predicted octanol–water partition coefficient (Wildman–Crippen LogP) is 2.73. The van der Waals surface area contributed by atoms with Gasteiger partial charge in [-0.15, -0.1) is 0 Å². The number of aromatic nitrogens is 2. The van der Waals surface area contributed by atoms with Gasteiger partial charge in [-0.1, -0.05) is 11.8 Å². The van der Waals surface area contributed by atoms with E-state index in [0.29, 0.717) is 23.3 Å². The van der Waals surface area contributed by atoms with Crippen molar-refractivity contribution < 1.29 is 19.4 Å². The average molecular weight is 320 g/mol. The number of carboxylic acid groups (broad SMARTS) is 1. The molecule has 2 aromatic rings. The van der Waals surface area contributed by atoms with Crippen LogP contribution in [0.15, 0.2) is 35.5 Å². The number of nitrogens with zero attached hydrogens (tertiary/aromatic N) is 2. The Kier molecular flexibility index (Phi) is 5.60. The molecule has 0 radical (unpaired) electrons. The smallest absolute Gasteiger partial charge is 0.313 e. The first-order valence-electron chi connectivity index (χ1n) is 6.63. The molecule has 0 saturated carbocycles. The highest BCUT2D eigenvalue weighted by Crippen LogP contribution is 2.26. The Labute approximate surface area is 132 Å². The highest BCUT2D eigenvalue weighted by atomic mass is 32.2. The maximum absolute atomic E-state index is 10.7. The van der Waals surface area contributed by atoms with Crippen molar-refractivity contribution in [1.29, 1.82) is 0 Å². The van der Waals surface area contributed by atoms with Crippen molar-refractivity contribution in [3.05, 3.63) is 30.3 Å². The first-order valence-corrected chi connectivity index (χ1v) is 7.62. The van der Waals surface area contributed by atoms with Crippen LogP contribution < -0.4 is 9.47 Å². The molecule has 0 fully saturated rings. The van der Waals surface area contributed by atoms with E-state index in [1.165, 1.54) is 0 Å². The Hall–Kier alpha value is -2.28. The molecule has 0 unspecified atom stereocenters. The maximum atomic E-state index is 10.7. The lowest BCUT2D eigenvalue weighted by molar-refractivity contribution is -0.133. The van der Waals surface area contributed by atoms with Gasteiger partial charge in [0.25, 0.3) is 0 Å². The van der Waals surface area contributed by atoms with E-state index in [1.54, 1.807) is 13.2 Å². The van der Waals surface area contributed by atoms with Gasteiger partial charge in [-0.25, -0.2) is 4.98 Å². The lowest BCUT2D eigenvalue weighted by atomic mass is 10.1. The van der Waals surface area contributed by atoms with Gasteiger partial charge in [0.2, 0.25) is 5.88 Å². The highest BCUT2D eigenvalue weighted by molar-refractivity contribution is 7.99. The van der Waals surface area contributed by atoms with E-state index in [-0.39, 0.29) is 5.75 Å². The summed E-state index contributed by atoms with van der Waals surface area (Å²) in [6, 6.07) is 9.16. The van der Waals surface area contributed by atoms with E-state index in [4.69, 9.17) is 14.6 Å². The van der Waals surface area contributed by atoms with Gasteiger partial charge in [-0.2, -0.15) is 4.98 Å². The highest BCUT2D eigenvalue weighted by Gasteiger charge is 2.10. The number of aliphatic carboxylic acids is 1. The first kappa shape index (κ1) is 16.1. The Balaban J connectivity index is 2.33. The summed E-state index contributed by atoms with van der Waals surface area (Å²) in [5.41, 5.74) is 1.55. The summed E-state index contributed by atoms with van der Waals surface area (Å²) in [6.07, 6.45) is 0. The number of hydrogen-bond donors (Lipinski definition) is 1. The summed E-state index contributed by atoms with van der Waals surface area (Å²) >= 11 is 1.06. The number of carboxylic acids is 1. The van der Waals surface area contributed by atoms with Crippen LogP contribution in [0, 0.1) is 0 Å². The Morgan fingerprint density at radius 3 is 2.59 bits per heavy atom. The number of thioether (sulfide) groups is 1. The molecule has 7 heteroatoms. The molecule has 0 bridgehead atoms. The number of ether oxygens (including phenoxy) is 2. The number of methoxy groups -OCH3 is 1. The third-order valence-corrected chi connectivity index (χ3v) is 3.52. The summed E-state index contributed by atoms with van der Waals surface area (Å²) < 4.78 is 10.6. The van der Waals surface area contributed by atoms with E-state index in [0.717, 1.165) is 23.1 Å². The summed E-state index contributed by atoms with van der Waals surface area (Å²) in [5.74, 6) is 0.165. The van der Waals surface area contributed by atoms with Crippen molar-refractivity contribution in [2.24, 2.45) is 0 Å². The van der Waals surface area contributed by atoms with Crippen LogP contribution in [0.4, 0.5) is 0 Å². The normalized spacial score (nSPS) is 10.3. The Morgan fingerprint density at radius 2 is 2.00 bits per heavy atom. The topological polar surface area (TPSA) is 81.5 Å². The molecule has 6 nitrogen and oxygen atoms in total. The molecule has 0 aliphatic rings. The summed E-state index contributed by atoms with van der Waals surface area (Å²) in [7, 11) is 1.60. The van der Waals surface area contributed by atoms with E-state index < -0.39 is 5.97 Å². The minimum absolute atomic E-state index is 0.0996. The zero-order chi connectivity index (χ0) is 15.9. The molecule has 1 aromatic heterocycles. The summed E-state index contributed by atoms with van der Waals surface area (Å²) in [4.78, 5) is 19.3. The third-order valence-electron chi connectivity index (χ3n) is 2.68. The second-order valence-electron chi connectivity index (χ2n) is 4.22. The van der Waals surface area contributed by atoms with Gasteiger partial charge in [0.05, 0.1) is 25.2 Å². The number of carbonyl (C=O) groups is 1. The molecule has 22 heavy (non-hydrogen) atoms. The minimum atomic E-state index is -0.915. The third kappa shape index (κ3) is 4.36. The zero-order valence-corrected chi connectivity index (χ0v) is 13.1. The van der Waals surface area contributed by atoms with E-state index in [1.807, 2.05) is 31.2 Å². The Morgan fingerprint density at radius 1 is 1.27 bits per heavy atom. The Bertz CT molecular complexity index is 646.